The van der Waals surface area contributed by atoms with Crippen molar-refractivity contribution in [1.82, 2.24) is 9.80 Å². The van der Waals surface area contributed by atoms with Gasteiger partial charge in [-0.05, 0) is 104 Å². The van der Waals surface area contributed by atoms with Gasteiger partial charge in [0.1, 0.15) is 11.4 Å². The molecule has 37 heavy (non-hydrogen) atoms. The van der Waals surface area contributed by atoms with Crippen molar-refractivity contribution in [3.8, 4) is 17.0 Å². The van der Waals surface area contributed by atoms with E-state index in [4.69, 9.17) is 11.6 Å². The number of aromatic hydroxyl groups is 1. The van der Waals surface area contributed by atoms with Crippen molar-refractivity contribution in [3.05, 3.63) is 70.8 Å². The van der Waals surface area contributed by atoms with E-state index in [2.05, 4.69) is 41.5 Å². The third kappa shape index (κ3) is 5.29. The Hall–Kier alpha value is -2.78. The van der Waals surface area contributed by atoms with Crippen molar-refractivity contribution >= 4 is 23.6 Å². The molecule has 0 spiro atoms. The number of phenols is 1. The number of nitrogens with zero attached hydrogens (tertiary/aromatic N) is 2. The first-order valence-corrected chi connectivity index (χ1v) is 13.6. The summed E-state index contributed by atoms with van der Waals surface area (Å²) in [5.74, 6) is 3.50. The highest BCUT2D eigenvalue weighted by atomic mass is 35.5. The van der Waals surface area contributed by atoms with Crippen LogP contribution in [-0.4, -0.2) is 64.7 Å². The molecule has 1 saturated heterocycles. The molecule has 3 aliphatic rings. The maximum absolute atomic E-state index is 13.1. The highest BCUT2D eigenvalue weighted by Crippen LogP contribution is 2.55. The molecule has 2 aromatic rings. The zero-order chi connectivity index (χ0) is 26.0. The van der Waals surface area contributed by atoms with E-state index >= 15 is 0 Å². The van der Waals surface area contributed by atoms with Crippen LogP contribution in [0.3, 0.4) is 0 Å². The number of amides is 1. The lowest BCUT2D eigenvalue weighted by Gasteiger charge is -2.52. The fourth-order valence-electron chi connectivity index (χ4n) is 6.63. The van der Waals surface area contributed by atoms with Gasteiger partial charge in [0.2, 0.25) is 0 Å². The molecule has 2 aromatic carbocycles. The van der Waals surface area contributed by atoms with Gasteiger partial charge in [-0.3, -0.25) is 4.79 Å². The molecule has 2 N–H and O–H groups in total. The number of aryl methyl sites for hydroxylation is 1. The summed E-state index contributed by atoms with van der Waals surface area (Å²) in [5.41, 5.74) is 3.01. The number of piperazine rings is 1. The minimum Gasteiger partial charge on any atom is -0.508 e. The van der Waals surface area contributed by atoms with Crippen molar-refractivity contribution < 1.29 is 15.0 Å². The van der Waals surface area contributed by atoms with Crippen LogP contribution in [0.1, 0.15) is 59.2 Å². The lowest BCUT2D eigenvalue weighted by atomic mass is 9.53. The Morgan fingerprint density at radius 1 is 1.16 bits per heavy atom. The first-order valence-electron chi connectivity index (χ1n) is 13.2. The lowest BCUT2D eigenvalue weighted by Crippen LogP contribution is -2.49. The Morgan fingerprint density at radius 2 is 1.97 bits per heavy atom. The van der Waals surface area contributed by atoms with Crippen LogP contribution in [0, 0.1) is 17.2 Å². The molecule has 1 amide bonds. The molecule has 0 unspecified atom stereocenters. The average Bonchev–Trinajstić information content (AvgIpc) is 2.89. The minimum absolute atomic E-state index is 0.0926. The van der Waals surface area contributed by atoms with E-state index in [0.29, 0.717) is 18.6 Å². The summed E-state index contributed by atoms with van der Waals surface area (Å²) in [7, 11) is 2.09. The van der Waals surface area contributed by atoms with E-state index in [-0.39, 0.29) is 17.2 Å². The van der Waals surface area contributed by atoms with E-state index in [1.54, 1.807) is 6.07 Å². The van der Waals surface area contributed by atoms with Gasteiger partial charge in [-0.2, -0.15) is 0 Å². The van der Waals surface area contributed by atoms with Gasteiger partial charge >= 0.3 is 0 Å². The molecule has 0 bridgehead atoms. The van der Waals surface area contributed by atoms with Crippen LogP contribution in [0.25, 0.3) is 6.08 Å². The molecule has 1 heterocycles. The van der Waals surface area contributed by atoms with Gasteiger partial charge < -0.3 is 20.0 Å². The summed E-state index contributed by atoms with van der Waals surface area (Å²) in [6.45, 7) is 3.32. The molecule has 1 saturated carbocycles. The van der Waals surface area contributed by atoms with Gasteiger partial charge in [-0.1, -0.05) is 36.3 Å². The Labute approximate surface area is 224 Å². The van der Waals surface area contributed by atoms with E-state index in [1.807, 2.05) is 35.2 Å². The Kier molecular flexibility index (Phi) is 7.36. The van der Waals surface area contributed by atoms with Crippen molar-refractivity contribution in [2.45, 2.75) is 49.5 Å². The number of fused-ring (bicyclic) bond motifs is 3. The average molecular weight is 519 g/mol. The van der Waals surface area contributed by atoms with Crippen LogP contribution in [0.15, 0.2) is 48.5 Å². The minimum atomic E-state index is -1.05. The van der Waals surface area contributed by atoms with Crippen LogP contribution >= 0.6 is 11.6 Å². The van der Waals surface area contributed by atoms with Gasteiger partial charge in [-0.25, -0.2) is 0 Å². The van der Waals surface area contributed by atoms with Gasteiger partial charge in [0.25, 0.3) is 5.91 Å². The van der Waals surface area contributed by atoms with Gasteiger partial charge in [0.15, 0.2) is 0 Å². The summed E-state index contributed by atoms with van der Waals surface area (Å²) in [5, 5.41) is 23.6. The number of carbonyl (C=O) groups is 1. The van der Waals surface area contributed by atoms with E-state index in [1.165, 1.54) is 11.1 Å². The topological polar surface area (TPSA) is 64.0 Å². The maximum Gasteiger partial charge on any atom is 0.253 e. The normalized spacial score (nSPS) is 27.8. The fraction of sp³-hybridized carbons (Fsp3) is 0.452. The largest absolute Gasteiger partial charge is 0.508 e. The van der Waals surface area contributed by atoms with Crippen LogP contribution < -0.4 is 0 Å². The van der Waals surface area contributed by atoms with Crippen LogP contribution in [-0.2, 0) is 11.8 Å². The molecule has 0 radical (unpaired) electrons. The van der Waals surface area contributed by atoms with Crippen molar-refractivity contribution in [3.63, 3.8) is 0 Å². The Bertz CT molecular complexity index is 1260. The monoisotopic (exact) mass is 518 g/mol. The van der Waals surface area contributed by atoms with E-state index < -0.39 is 5.60 Å². The van der Waals surface area contributed by atoms with E-state index in [9.17, 15) is 15.0 Å². The number of hydrogen-bond acceptors (Lipinski definition) is 4. The third-order valence-electron chi connectivity index (χ3n) is 8.73. The second kappa shape index (κ2) is 10.5. The summed E-state index contributed by atoms with van der Waals surface area (Å²) in [6, 6.07) is 13.6. The quantitative estimate of drug-likeness (QED) is 0.571. The third-order valence-corrected chi connectivity index (χ3v) is 8.83. The number of aliphatic hydroxyl groups is 1. The Morgan fingerprint density at radius 3 is 2.76 bits per heavy atom. The molecule has 194 valence electrons. The summed E-state index contributed by atoms with van der Waals surface area (Å²) in [6.07, 6.45) is 8.90. The first-order chi connectivity index (χ1) is 17.8. The molecular formula is C31H35ClN2O3. The number of hydrogen-bond donors (Lipinski definition) is 2. The van der Waals surface area contributed by atoms with Crippen LogP contribution in [0.2, 0.25) is 0 Å². The molecule has 3 atom stereocenters. The number of rotatable bonds is 4. The zero-order valence-electron chi connectivity index (χ0n) is 21.4. The lowest BCUT2D eigenvalue weighted by molar-refractivity contribution is -0.00710. The van der Waals surface area contributed by atoms with Gasteiger partial charge in [-0.15, -0.1) is 0 Å². The zero-order valence-corrected chi connectivity index (χ0v) is 22.2. The van der Waals surface area contributed by atoms with Crippen LogP contribution in [0.4, 0.5) is 0 Å². The highest BCUT2D eigenvalue weighted by Gasteiger charge is 2.50. The number of halogens is 1. The molecule has 2 fully saturated rings. The number of benzene rings is 2. The number of phenolic OH excluding ortho intramolecular Hbond substituents is 1. The standard InChI is InChI=1S/C31H35ClN2O3/c1-33-16-18-34(19-17-33)29(36)25-6-2-4-23(20-25)5-3-11-31-13-12-30(37,14-15-32)22-26(31)8-7-24-21-27(35)9-10-28(24)31/h2-6,9-10,20-21,26,35,37H,7-8,11-13,16-19,22H2,1H3/t26-,30+,31-/m0/s1. The van der Waals surface area contributed by atoms with Gasteiger partial charge in [0, 0.05) is 42.5 Å². The van der Waals surface area contributed by atoms with Gasteiger partial charge in [0.05, 0.1) is 0 Å². The fourth-order valence-corrected chi connectivity index (χ4v) is 6.80. The highest BCUT2D eigenvalue weighted by molar-refractivity contribution is 6.30. The van der Waals surface area contributed by atoms with E-state index in [0.717, 1.165) is 63.0 Å². The summed E-state index contributed by atoms with van der Waals surface area (Å²) in [4.78, 5) is 17.2. The SMILES string of the molecule is CN1CCN(C(=O)c2cccc(C=CC[C@]34CC[C@@](O)(C#CCl)C[C@@H]3CCc3cc(O)ccc34)c2)CC1. The molecule has 5 rings (SSSR count). The second-order valence-electron chi connectivity index (χ2n) is 11.0. The molecule has 6 heteroatoms. The molecule has 2 aliphatic carbocycles. The molecule has 0 aromatic heterocycles. The molecule has 5 nitrogen and oxygen atoms in total. The second-order valence-corrected chi connectivity index (χ2v) is 11.2. The van der Waals surface area contributed by atoms with Crippen molar-refractivity contribution in [2.24, 2.45) is 5.92 Å². The van der Waals surface area contributed by atoms with Crippen molar-refractivity contribution in [2.75, 3.05) is 33.2 Å². The summed E-state index contributed by atoms with van der Waals surface area (Å²) < 4.78 is 0. The smallest absolute Gasteiger partial charge is 0.253 e. The maximum atomic E-state index is 13.1. The van der Waals surface area contributed by atoms with Crippen LogP contribution in [0.5, 0.6) is 5.75 Å². The Balaban J connectivity index is 1.38. The number of carbonyl (C=O) groups excluding carboxylic acids is 1. The summed E-state index contributed by atoms with van der Waals surface area (Å²) >= 11 is 5.69. The van der Waals surface area contributed by atoms with Crippen molar-refractivity contribution in [1.29, 1.82) is 0 Å². The molecule has 1 aliphatic heterocycles. The predicted octanol–water partition coefficient (Wildman–Crippen LogP) is 4.80. The first kappa shape index (κ1) is 25.9. The predicted molar refractivity (Wildman–Crippen MR) is 148 cm³/mol. The molecular weight excluding hydrogens is 484 g/mol. The number of allylic oxidation sites excluding steroid dienone is 1. The number of likely N-dealkylation sites (N-methyl/N-ethyl adjacent to an activating group) is 1.